The molecule has 0 aliphatic carbocycles. The summed E-state index contributed by atoms with van der Waals surface area (Å²) in [6.07, 6.45) is 1.21. The first kappa shape index (κ1) is 13.4. The Morgan fingerprint density at radius 3 is 2.89 bits per heavy atom. The number of hydrogen-bond acceptors (Lipinski definition) is 2. The van der Waals surface area contributed by atoms with Crippen LogP contribution in [0.1, 0.15) is 6.42 Å². The fourth-order valence-corrected chi connectivity index (χ4v) is 3.41. The van der Waals surface area contributed by atoms with Gasteiger partial charge >= 0.3 is 0 Å². The third-order valence-electron chi connectivity index (χ3n) is 3.52. The topological polar surface area (TPSA) is 21.3 Å². The number of ether oxygens (including phenoxy) is 1. The highest BCUT2D eigenvalue weighted by atomic mass is 79.9. The summed E-state index contributed by atoms with van der Waals surface area (Å²) >= 11 is 7.16. The van der Waals surface area contributed by atoms with E-state index in [9.17, 15) is 0 Å². The normalized spacial score (nSPS) is 18.9. The lowest BCUT2D eigenvalue weighted by Crippen LogP contribution is -2.15. The smallest absolute Gasteiger partial charge is 0.134 e. The van der Waals surface area contributed by atoms with Crippen molar-refractivity contribution in [2.24, 2.45) is 5.92 Å². The Morgan fingerprint density at radius 1 is 1.21 bits per heavy atom. The number of fused-ring (bicyclic) bond motifs is 1. The second-order valence-electron chi connectivity index (χ2n) is 4.91. The summed E-state index contributed by atoms with van der Waals surface area (Å²) in [4.78, 5) is 0. The van der Waals surface area contributed by atoms with Crippen LogP contribution in [0.5, 0.6) is 5.75 Å². The Hall–Kier alpha value is -0.580. The molecule has 2 aromatic rings. The summed E-state index contributed by atoms with van der Waals surface area (Å²) < 4.78 is 8.10. The van der Waals surface area contributed by atoms with Crippen LogP contribution in [0.2, 0.25) is 0 Å². The first-order valence-corrected chi connectivity index (χ1v) is 8.04. The van der Waals surface area contributed by atoms with Gasteiger partial charge in [-0.1, -0.05) is 28.1 Å². The molecule has 100 valence electrons. The molecule has 0 bridgehead atoms. The molecular formula is C15H15Br2NO. The van der Waals surface area contributed by atoms with Gasteiger partial charge in [0.2, 0.25) is 0 Å². The van der Waals surface area contributed by atoms with Crippen molar-refractivity contribution in [1.82, 2.24) is 5.32 Å². The minimum absolute atomic E-state index is 0.632. The first-order chi connectivity index (χ1) is 9.24. The van der Waals surface area contributed by atoms with E-state index >= 15 is 0 Å². The molecule has 0 spiro atoms. The maximum Gasteiger partial charge on any atom is 0.134 e. The van der Waals surface area contributed by atoms with Crippen LogP contribution < -0.4 is 10.1 Å². The van der Waals surface area contributed by atoms with Crippen LogP contribution in [-0.4, -0.2) is 19.7 Å². The fourth-order valence-electron chi connectivity index (χ4n) is 2.42. The summed E-state index contributed by atoms with van der Waals surface area (Å²) in [5, 5.41) is 5.75. The lowest BCUT2D eigenvalue weighted by atomic mass is 10.1. The molecule has 3 rings (SSSR count). The quantitative estimate of drug-likeness (QED) is 0.849. The van der Waals surface area contributed by atoms with E-state index in [0.717, 1.165) is 34.4 Å². The molecule has 0 amide bonds. The molecule has 1 fully saturated rings. The summed E-state index contributed by atoms with van der Waals surface area (Å²) in [5.74, 6) is 1.56. The average molecular weight is 385 g/mol. The predicted molar refractivity (Wildman–Crippen MR) is 85.8 cm³/mol. The molecule has 4 heteroatoms. The van der Waals surface area contributed by atoms with Crippen LogP contribution in [0.3, 0.4) is 0 Å². The Morgan fingerprint density at radius 2 is 2.11 bits per heavy atom. The van der Waals surface area contributed by atoms with E-state index in [0.29, 0.717) is 5.92 Å². The number of nitrogens with one attached hydrogen (secondary N) is 1. The molecule has 1 N–H and O–H groups in total. The molecule has 1 aliphatic rings. The monoisotopic (exact) mass is 383 g/mol. The van der Waals surface area contributed by atoms with Crippen molar-refractivity contribution in [2.75, 3.05) is 19.7 Å². The highest BCUT2D eigenvalue weighted by Gasteiger charge is 2.16. The van der Waals surface area contributed by atoms with E-state index in [-0.39, 0.29) is 0 Å². The van der Waals surface area contributed by atoms with Crippen LogP contribution in [0.25, 0.3) is 10.8 Å². The lowest BCUT2D eigenvalue weighted by Gasteiger charge is -2.13. The van der Waals surface area contributed by atoms with Gasteiger partial charge in [0.15, 0.2) is 0 Å². The standard InChI is InChI=1S/C15H15Br2NO/c16-12-2-3-13-11(7-12)1-4-14(15(13)17)19-9-10-5-6-18-8-10/h1-4,7,10,18H,5-6,8-9H2. The van der Waals surface area contributed by atoms with Gasteiger partial charge in [-0.3, -0.25) is 0 Å². The van der Waals surface area contributed by atoms with Crippen molar-refractivity contribution in [3.8, 4) is 5.75 Å². The predicted octanol–water partition coefficient (Wildman–Crippen LogP) is 4.35. The van der Waals surface area contributed by atoms with Gasteiger partial charge in [-0.2, -0.15) is 0 Å². The van der Waals surface area contributed by atoms with Crippen molar-refractivity contribution in [3.05, 3.63) is 39.3 Å². The molecule has 1 saturated heterocycles. The minimum Gasteiger partial charge on any atom is -0.492 e. The van der Waals surface area contributed by atoms with Gasteiger partial charge in [0.25, 0.3) is 0 Å². The highest BCUT2D eigenvalue weighted by molar-refractivity contribution is 9.11. The summed E-state index contributed by atoms with van der Waals surface area (Å²) in [6.45, 7) is 2.97. The molecule has 1 atom stereocenters. The maximum absolute atomic E-state index is 5.96. The molecule has 1 heterocycles. The summed E-state index contributed by atoms with van der Waals surface area (Å²) in [6, 6.07) is 10.4. The van der Waals surface area contributed by atoms with Crippen molar-refractivity contribution >= 4 is 42.6 Å². The summed E-state index contributed by atoms with van der Waals surface area (Å²) in [5.41, 5.74) is 0. The van der Waals surface area contributed by atoms with Gasteiger partial charge in [0.05, 0.1) is 11.1 Å². The average Bonchev–Trinajstić information content (AvgIpc) is 2.91. The third kappa shape index (κ3) is 2.96. The second kappa shape index (κ2) is 5.81. The zero-order chi connectivity index (χ0) is 13.2. The number of hydrogen-bond donors (Lipinski definition) is 1. The van der Waals surface area contributed by atoms with E-state index in [1.807, 2.05) is 6.07 Å². The van der Waals surface area contributed by atoms with Crippen LogP contribution in [0.15, 0.2) is 39.3 Å². The molecule has 19 heavy (non-hydrogen) atoms. The Bertz CT molecular complexity index is 594. The van der Waals surface area contributed by atoms with Crippen molar-refractivity contribution in [1.29, 1.82) is 0 Å². The number of rotatable bonds is 3. The van der Waals surface area contributed by atoms with Gasteiger partial charge in [-0.25, -0.2) is 0 Å². The molecule has 0 radical (unpaired) electrons. The molecule has 2 aromatic carbocycles. The van der Waals surface area contributed by atoms with Crippen LogP contribution in [-0.2, 0) is 0 Å². The molecule has 1 unspecified atom stereocenters. The fraction of sp³-hybridized carbons (Fsp3) is 0.333. The van der Waals surface area contributed by atoms with E-state index in [2.05, 4.69) is 61.4 Å². The van der Waals surface area contributed by atoms with Crippen LogP contribution in [0.4, 0.5) is 0 Å². The second-order valence-corrected chi connectivity index (χ2v) is 6.62. The minimum atomic E-state index is 0.632. The van der Waals surface area contributed by atoms with Gasteiger partial charge < -0.3 is 10.1 Å². The van der Waals surface area contributed by atoms with E-state index in [1.165, 1.54) is 17.2 Å². The van der Waals surface area contributed by atoms with Crippen molar-refractivity contribution in [3.63, 3.8) is 0 Å². The summed E-state index contributed by atoms with van der Waals surface area (Å²) in [7, 11) is 0. The van der Waals surface area contributed by atoms with Gasteiger partial charge in [0.1, 0.15) is 5.75 Å². The third-order valence-corrected chi connectivity index (χ3v) is 4.83. The molecule has 0 saturated carbocycles. The van der Waals surface area contributed by atoms with Crippen LogP contribution in [0, 0.1) is 5.92 Å². The van der Waals surface area contributed by atoms with E-state index < -0.39 is 0 Å². The van der Waals surface area contributed by atoms with Crippen molar-refractivity contribution < 1.29 is 4.74 Å². The Kier molecular flexibility index (Phi) is 4.10. The van der Waals surface area contributed by atoms with Crippen LogP contribution >= 0.6 is 31.9 Å². The molecule has 0 aromatic heterocycles. The highest BCUT2D eigenvalue weighted by Crippen LogP contribution is 2.34. The van der Waals surface area contributed by atoms with E-state index in [4.69, 9.17) is 4.74 Å². The van der Waals surface area contributed by atoms with E-state index in [1.54, 1.807) is 0 Å². The van der Waals surface area contributed by atoms with Crippen molar-refractivity contribution in [2.45, 2.75) is 6.42 Å². The number of halogens is 2. The Balaban J connectivity index is 1.83. The SMILES string of the molecule is Brc1ccc2c(Br)c(OCC3CCNC3)ccc2c1. The van der Waals surface area contributed by atoms with Gasteiger partial charge in [-0.05, 0) is 57.9 Å². The van der Waals surface area contributed by atoms with Gasteiger partial charge in [0, 0.05) is 16.9 Å². The first-order valence-electron chi connectivity index (χ1n) is 6.45. The molecular weight excluding hydrogens is 370 g/mol. The number of benzene rings is 2. The zero-order valence-corrected chi connectivity index (χ0v) is 13.6. The molecule has 2 nitrogen and oxygen atoms in total. The lowest BCUT2D eigenvalue weighted by molar-refractivity contribution is 0.259. The maximum atomic E-state index is 5.96. The van der Waals surface area contributed by atoms with Gasteiger partial charge in [-0.15, -0.1) is 0 Å². The molecule has 1 aliphatic heterocycles. The zero-order valence-electron chi connectivity index (χ0n) is 10.5. The largest absolute Gasteiger partial charge is 0.492 e. The Labute approximate surface area is 129 Å².